The summed E-state index contributed by atoms with van der Waals surface area (Å²) in [5, 5.41) is 4.64. The number of methoxy groups -OCH3 is 1. The van der Waals surface area contributed by atoms with Crippen LogP contribution in [0.4, 0.5) is 0 Å². The molecule has 0 N–H and O–H groups in total. The molecule has 0 radical (unpaired) electrons. The number of hydrogen-bond acceptors (Lipinski definition) is 6. The highest BCUT2D eigenvalue weighted by Crippen LogP contribution is 2.26. The van der Waals surface area contributed by atoms with Crippen LogP contribution in [0.3, 0.4) is 0 Å². The molecule has 1 aliphatic heterocycles. The Morgan fingerprint density at radius 3 is 2.52 bits per heavy atom. The molecular weight excluding hydrogens is 392 g/mol. The topological polar surface area (TPSA) is 71.7 Å². The molecule has 1 saturated heterocycles. The number of ether oxygens (including phenoxy) is 1. The fraction of sp³-hybridized carbons (Fsp3) is 0.286. The van der Waals surface area contributed by atoms with Gasteiger partial charge in [-0.3, -0.25) is 9.69 Å². The van der Waals surface area contributed by atoms with Crippen molar-refractivity contribution in [3.8, 4) is 17.2 Å². The predicted octanol–water partition coefficient (Wildman–Crippen LogP) is 3.36. The van der Waals surface area contributed by atoms with Gasteiger partial charge in [-0.15, -0.1) is 0 Å². The smallest absolute Gasteiger partial charge is 0.259 e. The van der Waals surface area contributed by atoms with Crippen molar-refractivity contribution in [1.29, 1.82) is 0 Å². The van der Waals surface area contributed by atoms with Crippen LogP contribution in [0.2, 0.25) is 5.02 Å². The highest BCUT2D eigenvalue weighted by Gasteiger charge is 2.23. The zero-order chi connectivity index (χ0) is 20.2. The maximum Gasteiger partial charge on any atom is 0.259 e. The summed E-state index contributed by atoms with van der Waals surface area (Å²) in [4.78, 5) is 21.2. The largest absolute Gasteiger partial charge is 0.497 e. The molecule has 0 bridgehead atoms. The summed E-state index contributed by atoms with van der Waals surface area (Å²) < 4.78 is 10.5. The van der Waals surface area contributed by atoms with Crippen LogP contribution in [0, 0.1) is 0 Å². The third-order valence-electron chi connectivity index (χ3n) is 4.93. The van der Waals surface area contributed by atoms with Crippen molar-refractivity contribution < 1.29 is 14.1 Å². The number of benzene rings is 2. The molecule has 29 heavy (non-hydrogen) atoms. The highest BCUT2D eigenvalue weighted by atomic mass is 35.5. The Bertz CT molecular complexity index is 982. The lowest BCUT2D eigenvalue weighted by molar-refractivity contribution is 0.0624. The Kier molecular flexibility index (Phi) is 5.78. The second-order valence-corrected chi connectivity index (χ2v) is 7.20. The number of carbonyl (C=O) groups is 1. The van der Waals surface area contributed by atoms with Crippen LogP contribution in [0.15, 0.2) is 53.1 Å². The van der Waals surface area contributed by atoms with Crippen LogP contribution >= 0.6 is 11.6 Å². The Hall–Kier alpha value is -2.90. The van der Waals surface area contributed by atoms with Crippen molar-refractivity contribution in [2.75, 3.05) is 33.3 Å². The molecule has 8 heteroatoms. The molecule has 150 valence electrons. The number of nitrogens with zero attached hydrogens (tertiary/aromatic N) is 4. The van der Waals surface area contributed by atoms with Crippen LogP contribution in [0.1, 0.15) is 16.2 Å². The third-order valence-corrected chi connectivity index (χ3v) is 5.26. The van der Waals surface area contributed by atoms with E-state index in [1.807, 2.05) is 23.1 Å². The Morgan fingerprint density at radius 2 is 1.83 bits per heavy atom. The lowest BCUT2D eigenvalue weighted by atomic mass is 10.1. The van der Waals surface area contributed by atoms with Gasteiger partial charge in [-0.25, -0.2) is 0 Å². The second-order valence-electron chi connectivity index (χ2n) is 6.79. The van der Waals surface area contributed by atoms with Gasteiger partial charge in [-0.05, 0) is 36.4 Å². The first-order valence-corrected chi connectivity index (χ1v) is 9.75. The molecule has 1 fully saturated rings. The van der Waals surface area contributed by atoms with E-state index in [9.17, 15) is 4.79 Å². The van der Waals surface area contributed by atoms with Gasteiger partial charge in [0.2, 0.25) is 0 Å². The van der Waals surface area contributed by atoms with Crippen LogP contribution in [0.5, 0.6) is 5.75 Å². The van der Waals surface area contributed by atoms with Gasteiger partial charge >= 0.3 is 0 Å². The molecule has 0 aliphatic carbocycles. The molecule has 2 aromatic carbocycles. The number of piperazine rings is 1. The number of aromatic nitrogens is 2. The lowest BCUT2D eigenvalue weighted by Crippen LogP contribution is -2.48. The molecule has 3 aromatic rings. The zero-order valence-electron chi connectivity index (χ0n) is 16.0. The van der Waals surface area contributed by atoms with Gasteiger partial charge in [0.25, 0.3) is 11.8 Å². The van der Waals surface area contributed by atoms with Crippen LogP contribution < -0.4 is 4.74 Å². The summed E-state index contributed by atoms with van der Waals surface area (Å²) in [5.74, 6) is 1.80. The van der Waals surface area contributed by atoms with Gasteiger partial charge in [-0.1, -0.05) is 28.9 Å². The van der Waals surface area contributed by atoms with E-state index < -0.39 is 0 Å². The van der Waals surface area contributed by atoms with Crippen LogP contribution in [0.25, 0.3) is 11.5 Å². The Balaban J connectivity index is 1.33. The molecule has 1 aliphatic rings. The maximum absolute atomic E-state index is 12.7. The van der Waals surface area contributed by atoms with Gasteiger partial charge in [0.1, 0.15) is 5.75 Å². The number of halogens is 1. The molecule has 1 amide bonds. The van der Waals surface area contributed by atoms with Gasteiger partial charge < -0.3 is 14.2 Å². The quantitative estimate of drug-likeness (QED) is 0.640. The summed E-state index contributed by atoms with van der Waals surface area (Å²) >= 11 is 6.19. The van der Waals surface area contributed by atoms with Crippen LogP contribution in [-0.2, 0) is 6.54 Å². The minimum atomic E-state index is 0.0351. The van der Waals surface area contributed by atoms with Crippen molar-refractivity contribution >= 4 is 17.5 Å². The van der Waals surface area contributed by atoms with Crippen LogP contribution in [-0.4, -0.2) is 59.1 Å². The van der Waals surface area contributed by atoms with Gasteiger partial charge in [0.05, 0.1) is 24.2 Å². The SMILES string of the molecule is COc1ccc(C(=O)N2CCN(Cc3noc(-c4ccccc4Cl)n3)CC2)cc1. The molecule has 4 rings (SSSR count). The molecule has 0 spiro atoms. The first-order valence-electron chi connectivity index (χ1n) is 9.37. The normalized spacial score (nSPS) is 14.8. The van der Waals surface area contributed by atoms with E-state index in [1.54, 1.807) is 37.4 Å². The average molecular weight is 413 g/mol. The zero-order valence-corrected chi connectivity index (χ0v) is 16.8. The Labute approximate surface area is 173 Å². The fourth-order valence-corrected chi connectivity index (χ4v) is 3.50. The molecule has 0 atom stereocenters. The number of rotatable bonds is 5. The van der Waals surface area contributed by atoms with Crippen molar-refractivity contribution in [3.63, 3.8) is 0 Å². The van der Waals surface area contributed by atoms with Crippen molar-refractivity contribution in [2.24, 2.45) is 0 Å². The third kappa shape index (κ3) is 4.41. The molecule has 2 heterocycles. The molecule has 0 unspecified atom stereocenters. The van der Waals surface area contributed by atoms with Gasteiger partial charge in [0, 0.05) is 31.7 Å². The van der Waals surface area contributed by atoms with Gasteiger partial charge in [-0.2, -0.15) is 4.98 Å². The van der Waals surface area contributed by atoms with Crippen molar-refractivity contribution in [1.82, 2.24) is 19.9 Å². The summed E-state index contributed by atoms with van der Waals surface area (Å²) in [6, 6.07) is 14.6. The van der Waals surface area contributed by atoms with E-state index in [1.165, 1.54) is 0 Å². The first kappa shape index (κ1) is 19.4. The van der Waals surface area contributed by atoms with E-state index >= 15 is 0 Å². The second kappa shape index (κ2) is 8.63. The predicted molar refractivity (Wildman–Crippen MR) is 109 cm³/mol. The molecular formula is C21H21ClN4O3. The molecule has 0 saturated carbocycles. The van der Waals surface area contributed by atoms with Gasteiger partial charge in [0.15, 0.2) is 5.82 Å². The van der Waals surface area contributed by atoms with E-state index in [2.05, 4.69) is 15.0 Å². The van der Waals surface area contributed by atoms with E-state index in [-0.39, 0.29) is 5.91 Å². The van der Waals surface area contributed by atoms with E-state index in [4.69, 9.17) is 20.9 Å². The average Bonchev–Trinajstić information content (AvgIpc) is 3.22. The Morgan fingerprint density at radius 1 is 1.10 bits per heavy atom. The summed E-state index contributed by atoms with van der Waals surface area (Å²) in [6.07, 6.45) is 0. The van der Waals surface area contributed by atoms with E-state index in [0.717, 1.165) is 24.4 Å². The maximum atomic E-state index is 12.7. The fourth-order valence-electron chi connectivity index (χ4n) is 3.29. The van der Waals surface area contributed by atoms with Crippen molar-refractivity contribution in [3.05, 3.63) is 64.9 Å². The number of amides is 1. The molecule has 7 nitrogen and oxygen atoms in total. The van der Waals surface area contributed by atoms with E-state index in [0.29, 0.717) is 41.9 Å². The summed E-state index contributed by atoms with van der Waals surface area (Å²) in [5.41, 5.74) is 1.39. The number of carbonyl (C=O) groups excluding carboxylic acids is 1. The summed E-state index contributed by atoms with van der Waals surface area (Å²) in [7, 11) is 1.61. The minimum absolute atomic E-state index is 0.0351. The monoisotopic (exact) mass is 412 g/mol. The standard InChI is InChI=1S/C21H21ClN4O3/c1-28-16-8-6-15(7-9-16)21(27)26-12-10-25(11-13-26)14-19-23-20(29-24-19)17-4-2-3-5-18(17)22/h2-9H,10-14H2,1H3. The highest BCUT2D eigenvalue weighted by molar-refractivity contribution is 6.33. The van der Waals surface area contributed by atoms with Crippen molar-refractivity contribution in [2.45, 2.75) is 6.54 Å². The first-order chi connectivity index (χ1) is 14.1. The lowest BCUT2D eigenvalue weighted by Gasteiger charge is -2.34. The summed E-state index contributed by atoms with van der Waals surface area (Å²) in [6.45, 7) is 3.37. The minimum Gasteiger partial charge on any atom is -0.497 e. The molecule has 1 aromatic heterocycles. The number of hydrogen-bond donors (Lipinski definition) is 0.